The van der Waals surface area contributed by atoms with Gasteiger partial charge >= 0.3 is 0 Å². The van der Waals surface area contributed by atoms with Crippen LogP contribution in [0.2, 0.25) is 0 Å². The van der Waals surface area contributed by atoms with Crippen molar-refractivity contribution >= 4 is 23.8 Å². The first-order valence-corrected chi connectivity index (χ1v) is 14.4. The number of carbonyl (C=O) groups excluding carboxylic acids is 3. The molecule has 1 unspecified atom stereocenters. The molecule has 3 N–H and O–H groups in total. The molecule has 8 nitrogen and oxygen atoms in total. The molecule has 2 bridgehead atoms. The van der Waals surface area contributed by atoms with Gasteiger partial charge in [0.15, 0.2) is 6.10 Å². The van der Waals surface area contributed by atoms with E-state index in [1.165, 1.54) is 0 Å². The minimum absolute atomic E-state index is 0.159. The van der Waals surface area contributed by atoms with E-state index in [2.05, 4.69) is 16.0 Å². The zero-order chi connectivity index (χ0) is 30.1. The van der Waals surface area contributed by atoms with E-state index in [0.29, 0.717) is 24.2 Å². The summed E-state index contributed by atoms with van der Waals surface area (Å²) in [4.78, 5) is 43.2. The van der Waals surface area contributed by atoms with Crippen LogP contribution in [0.4, 0.5) is 0 Å². The van der Waals surface area contributed by atoms with E-state index >= 15 is 0 Å². The number of amides is 3. The van der Waals surface area contributed by atoms with Gasteiger partial charge in [0, 0.05) is 6.20 Å². The Kier molecular flexibility index (Phi) is 10.5. The number of hydrogen-bond donors (Lipinski definition) is 3. The summed E-state index contributed by atoms with van der Waals surface area (Å²) in [6, 6.07) is 23.9. The number of ether oxygens (including phenoxy) is 1. The number of fused-ring (bicyclic) bond motifs is 10. The summed E-state index contributed by atoms with van der Waals surface area (Å²) < 4.78 is 6.48. The monoisotopic (exact) mass is 568 g/mol. The molecular formula is C34H40N4O4. The average Bonchev–Trinajstić information content (AvgIpc) is 3.00. The topological polar surface area (TPSA) is 99.8 Å². The first-order chi connectivity index (χ1) is 20.3. The summed E-state index contributed by atoms with van der Waals surface area (Å²) in [5.74, 6) is -0.778. The fraction of sp³-hybridized carbons (Fsp3) is 0.324. The Morgan fingerprint density at radius 1 is 0.929 bits per heavy atom. The minimum Gasteiger partial charge on any atom is -0.483 e. The van der Waals surface area contributed by atoms with E-state index in [9.17, 15) is 14.4 Å². The van der Waals surface area contributed by atoms with Crippen molar-refractivity contribution in [1.82, 2.24) is 20.9 Å². The number of hydrogen-bond acceptors (Lipinski definition) is 5. The van der Waals surface area contributed by atoms with E-state index < -0.39 is 30.1 Å². The lowest BCUT2D eigenvalue weighted by Gasteiger charge is -2.33. The van der Waals surface area contributed by atoms with Crippen molar-refractivity contribution in [3.63, 3.8) is 0 Å². The van der Waals surface area contributed by atoms with Crippen LogP contribution in [0.15, 0.2) is 91.1 Å². The van der Waals surface area contributed by atoms with Crippen molar-refractivity contribution in [2.75, 3.05) is 14.1 Å². The maximum absolute atomic E-state index is 14.2. The summed E-state index contributed by atoms with van der Waals surface area (Å²) >= 11 is 0. The molecule has 0 radical (unpaired) electrons. The Hall–Kier alpha value is -4.43. The number of carbonyl (C=O) groups is 3. The first kappa shape index (κ1) is 30.5. The van der Waals surface area contributed by atoms with Crippen LogP contribution in [0.3, 0.4) is 0 Å². The molecule has 2 aliphatic heterocycles. The van der Waals surface area contributed by atoms with Crippen molar-refractivity contribution in [3.8, 4) is 5.75 Å². The first-order valence-electron chi connectivity index (χ1n) is 14.4. The Bertz CT molecular complexity index is 1360. The molecule has 8 heteroatoms. The molecule has 0 saturated heterocycles. The number of nitrogens with zero attached hydrogens (tertiary/aromatic N) is 1. The van der Waals surface area contributed by atoms with Gasteiger partial charge in [-0.2, -0.15) is 0 Å². The Balaban J connectivity index is 1.77. The van der Waals surface area contributed by atoms with Gasteiger partial charge in [-0.3, -0.25) is 19.3 Å². The molecule has 3 aromatic carbocycles. The van der Waals surface area contributed by atoms with Crippen molar-refractivity contribution in [1.29, 1.82) is 0 Å². The largest absolute Gasteiger partial charge is 0.483 e. The summed E-state index contributed by atoms with van der Waals surface area (Å²) in [7, 11) is 3.68. The van der Waals surface area contributed by atoms with E-state index in [0.717, 1.165) is 11.1 Å². The molecule has 0 spiro atoms. The summed E-state index contributed by atoms with van der Waals surface area (Å²) in [5.41, 5.74) is 2.59. The Labute approximate surface area is 248 Å². The van der Waals surface area contributed by atoms with Gasteiger partial charge in [-0.15, -0.1) is 0 Å². The Morgan fingerprint density at radius 3 is 2.19 bits per heavy atom. The van der Waals surface area contributed by atoms with Gasteiger partial charge in [0.05, 0.1) is 6.04 Å². The van der Waals surface area contributed by atoms with E-state index in [1.54, 1.807) is 24.4 Å². The lowest BCUT2D eigenvalue weighted by Crippen LogP contribution is -2.59. The van der Waals surface area contributed by atoms with Crippen LogP contribution in [0, 0.1) is 5.92 Å². The predicted octanol–water partition coefficient (Wildman–Crippen LogP) is 4.10. The standard InChI is InChI=1S/C34H40N4O4/c1-5-23(2)29-33(40)35-21-20-24-16-18-27(19-17-24)42-31(26-14-10-7-11-15-26)30(34(41)36-29)37-32(39)28(38(3)4)22-25-12-8-6-9-13-25/h6-21,23,28-31H,5,22H2,1-4H3,(H,35,40)(H,36,41)(H,37,39)/t23-,28-,29?,30+,31+/m0/s1. The Morgan fingerprint density at radius 2 is 1.57 bits per heavy atom. The number of likely N-dealkylation sites (N-methyl/N-ethyl adjacent to an activating group) is 1. The molecule has 0 fully saturated rings. The summed E-state index contributed by atoms with van der Waals surface area (Å²) in [5, 5.41) is 8.77. The molecular weight excluding hydrogens is 528 g/mol. The van der Waals surface area contributed by atoms with Crippen LogP contribution in [-0.4, -0.2) is 54.8 Å². The molecule has 3 aromatic rings. The van der Waals surface area contributed by atoms with Crippen LogP contribution >= 0.6 is 0 Å². The third-order valence-corrected chi connectivity index (χ3v) is 7.65. The quantitative estimate of drug-likeness (QED) is 0.380. The highest BCUT2D eigenvalue weighted by atomic mass is 16.5. The second-order valence-electron chi connectivity index (χ2n) is 10.9. The maximum atomic E-state index is 14.2. The highest BCUT2D eigenvalue weighted by Crippen LogP contribution is 2.27. The van der Waals surface area contributed by atoms with E-state index in [4.69, 9.17) is 4.74 Å². The third kappa shape index (κ3) is 7.85. The minimum atomic E-state index is -1.14. The van der Waals surface area contributed by atoms with Crippen LogP contribution < -0.4 is 20.7 Å². The molecule has 2 aliphatic rings. The third-order valence-electron chi connectivity index (χ3n) is 7.65. The van der Waals surface area contributed by atoms with Crippen LogP contribution in [0.25, 0.3) is 6.08 Å². The molecule has 2 heterocycles. The molecule has 0 aliphatic carbocycles. The van der Waals surface area contributed by atoms with Gasteiger partial charge in [-0.1, -0.05) is 93.1 Å². The van der Waals surface area contributed by atoms with Gasteiger partial charge in [-0.25, -0.2) is 0 Å². The number of benzene rings is 3. The SMILES string of the molecule is CC[C@H](C)C1NC(=O)[C@H](NC(=O)[C@H](Cc2ccccc2)N(C)C)[C@@H](c2ccccc2)Oc2ccc(cc2)C=CNC1=O. The lowest BCUT2D eigenvalue weighted by molar-refractivity contribution is -0.136. The second kappa shape index (κ2) is 14.5. The van der Waals surface area contributed by atoms with Crippen LogP contribution in [0.5, 0.6) is 5.75 Å². The highest BCUT2D eigenvalue weighted by molar-refractivity contribution is 5.94. The van der Waals surface area contributed by atoms with E-state index in [-0.39, 0.29) is 17.7 Å². The van der Waals surface area contributed by atoms with Gasteiger partial charge in [0.1, 0.15) is 17.8 Å². The van der Waals surface area contributed by atoms with Crippen LogP contribution in [-0.2, 0) is 20.8 Å². The van der Waals surface area contributed by atoms with E-state index in [1.807, 2.05) is 106 Å². The van der Waals surface area contributed by atoms with Crippen LogP contribution in [0.1, 0.15) is 43.1 Å². The van der Waals surface area contributed by atoms with Crippen molar-refractivity contribution in [3.05, 3.63) is 108 Å². The van der Waals surface area contributed by atoms with Crippen molar-refractivity contribution in [2.45, 2.75) is 50.9 Å². The van der Waals surface area contributed by atoms with Crippen molar-refractivity contribution < 1.29 is 19.1 Å². The zero-order valence-corrected chi connectivity index (χ0v) is 24.6. The number of rotatable bonds is 8. The average molecular weight is 569 g/mol. The fourth-order valence-corrected chi connectivity index (χ4v) is 4.91. The number of nitrogens with one attached hydrogen (secondary N) is 3. The van der Waals surface area contributed by atoms with Gasteiger partial charge in [0.25, 0.3) is 0 Å². The molecule has 42 heavy (non-hydrogen) atoms. The van der Waals surface area contributed by atoms with Crippen molar-refractivity contribution in [2.24, 2.45) is 5.92 Å². The summed E-state index contributed by atoms with van der Waals surface area (Å²) in [6.07, 6.45) is 3.60. The second-order valence-corrected chi connectivity index (χ2v) is 10.9. The van der Waals surface area contributed by atoms with Gasteiger partial charge in [-0.05, 0) is 61.3 Å². The molecule has 5 rings (SSSR count). The summed E-state index contributed by atoms with van der Waals surface area (Å²) in [6.45, 7) is 3.88. The highest BCUT2D eigenvalue weighted by Gasteiger charge is 2.38. The normalized spacial score (nSPS) is 20.5. The zero-order valence-electron chi connectivity index (χ0n) is 24.6. The maximum Gasteiger partial charge on any atom is 0.247 e. The van der Waals surface area contributed by atoms with Gasteiger partial charge < -0.3 is 20.7 Å². The van der Waals surface area contributed by atoms with Gasteiger partial charge in [0.2, 0.25) is 17.7 Å². The molecule has 220 valence electrons. The lowest BCUT2D eigenvalue weighted by atomic mass is 9.95. The molecule has 0 aromatic heterocycles. The predicted molar refractivity (Wildman–Crippen MR) is 164 cm³/mol. The molecule has 3 amide bonds. The molecule has 5 atom stereocenters. The fourth-order valence-electron chi connectivity index (χ4n) is 4.91. The smallest absolute Gasteiger partial charge is 0.247 e. The molecule has 0 saturated carbocycles.